The number of benzene rings is 4. The molecule has 1 unspecified atom stereocenters. The van der Waals surface area contributed by atoms with Crippen LogP contribution in [0, 0.1) is 0 Å². The molecular weight excluding hydrogens is 553 g/mol. The third-order valence-electron chi connectivity index (χ3n) is 6.65. The van der Waals surface area contributed by atoms with Gasteiger partial charge in [0.1, 0.15) is 5.82 Å². The number of para-hydroxylation sites is 1. The number of fused-ring (bicyclic) bond motifs is 1. The van der Waals surface area contributed by atoms with Gasteiger partial charge in [-0.1, -0.05) is 54.1 Å². The van der Waals surface area contributed by atoms with E-state index in [1.807, 2.05) is 30.3 Å². The number of rotatable bonds is 6. The average molecular weight is 577 g/mol. The predicted octanol–water partition coefficient (Wildman–Crippen LogP) is 7.85. The Labute approximate surface area is 238 Å². The Kier molecular flexibility index (Phi) is 7.81. The SMILES string of the molecule is CC(c1nc2ccccc2c(=O)n1-c1ccc(Cl)cc1)N(Cc1ccccc1)C(=O)Nc1ccc(C(F)(F)F)cc1. The normalized spacial score (nSPS) is 12.2. The fourth-order valence-electron chi connectivity index (χ4n) is 4.51. The van der Waals surface area contributed by atoms with Crippen molar-refractivity contribution in [2.75, 3.05) is 5.32 Å². The van der Waals surface area contributed by atoms with Crippen LogP contribution in [0.25, 0.3) is 16.6 Å². The molecule has 4 aromatic carbocycles. The molecule has 0 aliphatic rings. The van der Waals surface area contributed by atoms with E-state index < -0.39 is 23.8 Å². The number of urea groups is 1. The second-order valence-electron chi connectivity index (χ2n) is 9.40. The van der Waals surface area contributed by atoms with Gasteiger partial charge in [0, 0.05) is 17.3 Å². The van der Waals surface area contributed by atoms with Crippen molar-refractivity contribution in [1.29, 1.82) is 0 Å². The number of anilines is 1. The molecule has 0 radical (unpaired) electrons. The molecule has 1 aromatic heterocycles. The van der Waals surface area contributed by atoms with Crippen LogP contribution in [-0.4, -0.2) is 20.5 Å². The number of carbonyl (C=O) groups is 1. The number of amides is 2. The molecule has 1 N–H and O–H groups in total. The minimum atomic E-state index is -4.50. The fourth-order valence-corrected chi connectivity index (χ4v) is 4.64. The van der Waals surface area contributed by atoms with Crippen LogP contribution in [0.15, 0.2) is 108 Å². The lowest BCUT2D eigenvalue weighted by atomic mass is 10.1. The second-order valence-corrected chi connectivity index (χ2v) is 9.84. The average Bonchev–Trinajstić information content (AvgIpc) is 2.96. The van der Waals surface area contributed by atoms with Crippen LogP contribution in [0.1, 0.15) is 29.9 Å². The summed E-state index contributed by atoms with van der Waals surface area (Å²) in [7, 11) is 0. The highest BCUT2D eigenvalue weighted by Crippen LogP contribution is 2.30. The predicted molar refractivity (Wildman–Crippen MR) is 153 cm³/mol. The lowest BCUT2D eigenvalue weighted by molar-refractivity contribution is -0.137. The molecular formula is C31H24ClF3N4O2. The highest BCUT2D eigenvalue weighted by atomic mass is 35.5. The molecule has 41 heavy (non-hydrogen) atoms. The largest absolute Gasteiger partial charge is 0.416 e. The van der Waals surface area contributed by atoms with Gasteiger partial charge in [-0.15, -0.1) is 0 Å². The highest BCUT2D eigenvalue weighted by molar-refractivity contribution is 6.30. The molecule has 0 spiro atoms. The quantitative estimate of drug-likeness (QED) is 0.224. The van der Waals surface area contributed by atoms with Gasteiger partial charge in [0.15, 0.2) is 0 Å². The molecule has 10 heteroatoms. The molecule has 1 atom stereocenters. The summed E-state index contributed by atoms with van der Waals surface area (Å²) >= 11 is 6.10. The van der Waals surface area contributed by atoms with E-state index in [1.165, 1.54) is 21.6 Å². The molecule has 0 saturated heterocycles. The van der Waals surface area contributed by atoms with E-state index in [1.54, 1.807) is 55.5 Å². The summed E-state index contributed by atoms with van der Waals surface area (Å²) in [4.78, 5) is 33.8. The standard InChI is InChI=1S/C31H24ClF3N4O2/c1-20(28-37-27-10-6-5-9-26(27)29(40)39(28)25-17-13-23(32)14-18-25)38(19-21-7-3-2-4-8-21)30(41)36-24-15-11-22(12-16-24)31(33,34)35/h2-18,20H,19H2,1H3,(H,36,41). The zero-order chi connectivity index (χ0) is 29.1. The monoisotopic (exact) mass is 576 g/mol. The van der Waals surface area contributed by atoms with Crippen molar-refractivity contribution in [3.8, 4) is 5.69 Å². The Morgan fingerprint density at radius 2 is 1.56 bits per heavy atom. The first-order valence-electron chi connectivity index (χ1n) is 12.7. The zero-order valence-electron chi connectivity index (χ0n) is 21.8. The van der Waals surface area contributed by atoms with E-state index in [-0.39, 0.29) is 17.8 Å². The summed E-state index contributed by atoms with van der Waals surface area (Å²) in [5.74, 6) is 0.300. The van der Waals surface area contributed by atoms with Crippen LogP contribution in [0.4, 0.5) is 23.7 Å². The highest BCUT2D eigenvalue weighted by Gasteiger charge is 2.31. The molecule has 5 rings (SSSR count). The van der Waals surface area contributed by atoms with Crippen molar-refractivity contribution >= 4 is 34.2 Å². The smallest absolute Gasteiger partial charge is 0.310 e. The third kappa shape index (κ3) is 6.10. The van der Waals surface area contributed by atoms with Crippen molar-refractivity contribution in [3.63, 3.8) is 0 Å². The zero-order valence-corrected chi connectivity index (χ0v) is 22.5. The maximum Gasteiger partial charge on any atom is 0.416 e. The maximum atomic E-state index is 13.8. The Morgan fingerprint density at radius 3 is 2.22 bits per heavy atom. The Hall–Kier alpha value is -4.63. The molecule has 0 aliphatic heterocycles. The Morgan fingerprint density at radius 1 is 0.927 bits per heavy atom. The minimum absolute atomic E-state index is 0.137. The lowest BCUT2D eigenvalue weighted by Gasteiger charge is -2.31. The van der Waals surface area contributed by atoms with E-state index in [0.29, 0.717) is 27.4 Å². The topological polar surface area (TPSA) is 67.2 Å². The van der Waals surface area contributed by atoms with Crippen molar-refractivity contribution in [2.24, 2.45) is 0 Å². The van der Waals surface area contributed by atoms with Crippen LogP contribution in [0.2, 0.25) is 5.02 Å². The van der Waals surface area contributed by atoms with Gasteiger partial charge in [-0.2, -0.15) is 13.2 Å². The van der Waals surface area contributed by atoms with Crippen LogP contribution in [0.5, 0.6) is 0 Å². The first-order valence-corrected chi connectivity index (χ1v) is 13.1. The maximum absolute atomic E-state index is 13.8. The Balaban J connectivity index is 1.59. The molecule has 0 bridgehead atoms. The first-order chi connectivity index (χ1) is 19.6. The summed E-state index contributed by atoms with van der Waals surface area (Å²) in [6, 6.07) is 25.7. The van der Waals surface area contributed by atoms with E-state index in [2.05, 4.69) is 5.32 Å². The first kappa shape index (κ1) is 27.9. The van der Waals surface area contributed by atoms with E-state index in [4.69, 9.17) is 16.6 Å². The number of hydrogen-bond acceptors (Lipinski definition) is 3. The summed E-state index contributed by atoms with van der Waals surface area (Å²) < 4.78 is 40.6. The molecule has 6 nitrogen and oxygen atoms in total. The van der Waals surface area contributed by atoms with E-state index in [9.17, 15) is 22.8 Å². The van der Waals surface area contributed by atoms with Gasteiger partial charge in [0.05, 0.1) is 28.2 Å². The minimum Gasteiger partial charge on any atom is -0.310 e. The van der Waals surface area contributed by atoms with Crippen LogP contribution < -0.4 is 10.9 Å². The molecule has 2 amide bonds. The van der Waals surface area contributed by atoms with Crippen molar-refractivity contribution < 1.29 is 18.0 Å². The number of carbonyl (C=O) groups excluding carboxylic acids is 1. The number of aromatic nitrogens is 2. The van der Waals surface area contributed by atoms with Crippen LogP contribution >= 0.6 is 11.6 Å². The Bertz CT molecular complexity index is 1740. The summed E-state index contributed by atoms with van der Waals surface area (Å²) in [6.45, 7) is 1.88. The van der Waals surface area contributed by atoms with Gasteiger partial charge in [-0.25, -0.2) is 9.78 Å². The number of hydrogen-bond donors (Lipinski definition) is 1. The lowest BCUT2D eigenvalue weighted by Crippen LogP contribution is -2.39. The molecule has 0 saturated carbocycles. The van der Waals surface area contributed by atoms with Gasteiger partial charge in [-0.3, -0.25) is 9.36 Å². The van der Waals surface area contributed by atoms with E-state index in [0.717, 1.165) is 17.7 Å². The van der Waals surface area contributed by atoms with Gasteiger partial charge in [0.25, 0.3) is 5.56 Å². The third-order valence-corrected chi connectivity index (χ3v) is 6.90. The summed E-state index contributed by atoms with van der Waals surface area (Å²) in [5, 5.41) is 3.59. The molecule has 5 aromatic rings. The molecule has 1 heterocycles. The van der Waals surface area contributed by atoms with Crippen molar-refractivity contribution in [2.45, 2.75) is 25.7 Å². The van der Waals surface area contributed by atoms with Gasteiger partial charge in [0.2, 0.25) is 0 Å². The van der Waals surface area contributed by atoms with Crippen molar-refractivity contribution in [1.82, 2.24) is 14.5 Å². The number of nitrogens with one attached hydrogen (secondary N) is 1. The molecule has 0 aliphatic carbocycles. The summed E-state index contributed by atoms with van der Waals surface area (Å²) in [5.41, 5.74) is 0.840. The molecule has 0 fully saturated rings. The van der Waals surface area contributed by atoms with Gasteiger partial charge >= 0.3 is 12.2 Å². The van der Waals surface area contributed by atoms with Crippen LogP contribution in [-0.2, 0) is 12.7 Å². The number of nitrogens with zero attached hydrogens (tertiary/aromatic N) is 3. The fraction of sp³-hybridized carbons (Fsp3) is 0.129. The second kappa shape index (κ2) is 11.5. The van der Waals surface area contributed by atoms with Gasteiger partial charge in [-0.05, 0) is 73.2 Å². The van der Waals surface area contributed by atoms with E-state index >= 15 is 0 Å². The number of halogens is 4. The number of alkyl halides is 3. The summed E-state index contributed by atoms with van der Waals surface area (Å²) in [6.07, 6.45) is -4.50. The van der Waals surface area contributed by atoms with Crippen LogP contribution in [0.3, 0.4) is 0 Å². The van der Waals surface area contributed by atoms with Crippen molar-refractivity contribution in [3.05, 3.63) is 135 Å². The molecule has 208 valence electrons. The van der Waals surface area contributed by atoms with Gasteiger partial charge < -0.3 is 10.2 Å².